The number of nitrogens with zero attached hydrogens (tertiary/aromatic N) is 1. The number of H-pyrrole nitrogens is 1. The molecular weight excluding hydrogens is 354 g/mol. The van der Waals surface area contributed by atoms with Crippen molar-refractivity contribution in [1.29, 1.82) is 5.41 Å². The van der Waals surface area contributed by atoms with E-state index in [2.05, 4.69) is 4.98 Å². The highest BCUT2D eigenvalue weighted by Gasteiger charge is 2.18. The number of halogens is 1. The monoisotopic (exact) mass is 371 g/mol. The van der Waals surface area contributed by atoms with Crippen LogP contribution in [0.1, 0.15) is 16.1 Å². The number of hydrogen-bond acceptors (Lipinski definition) is 4. The number of hydrogen-bond donors (Lipinski definition) is 4. The molecule has 1 aromatic heterocycles. The molecular formula is C18H18ClN5O2. The minimum absolute atomic E-state index is 0.282. The fraction of sp³-hybridized carbons (Fsp3) is 0.111. The van der Waals surface area contributed by atoms with Gasteiger partial charge in [0.25, 0.3) is 5.91 Å². The van der Waals surface area contributed by atoms with E-state index in [9.17, 15) is 4.79 Å². The number of nitrogens with one attached hydrogen (secondary N) is 2. The van der Waals surface area contributed by atoms with Crippen LogP contribution in [0.5, 0.6) is 11.5 Å². The molecule has 0 fully saturated rings. The lowest BCUT2D eigenvalue weighted by atomic mass is 10.2. The number of guanidine groups is 1. The van der Waals surface area contributed by atoms with E-state index in [4.69, 9.17) is 33.2 Å². The predicted molar refractivity (Wildman–Crippen MR) is 102 cm³/mol. The van der Waals surface area contributed by atoms with Crippen LogP contribution >= 0.6 is 11.6 Å². The van der Waals surface area contributed by atoms with Crippen molar-refractivity contribution in [2.24, 2.45) is 11.5 Å². The van der Waals surface area contributed by atoms with E-state index in [1.807, 2.05) is 24.3 Å². The molecule has 3 rings (SSSR count). The molecule has 0 saturated carbocycles. The number of rotatable bonds is 4. The van der Waals surface area contributed by atoms with Crippen LogP contribution in [0.2, 0.25) is 5.02 Å². The van der Waals surface area contributed by atoms with Gasteiger partial charge < -0.3 is 21.2 Å². The zero-order valence-electron chi connectivity index (χ0n) is 14.0. The molecule has 0 saturated heterocycles. The summed E-state index contributed by atoms with van der Waals surface area (Å²) in [5.41, 5.74) is 12.9. The molecule has 2 aromatic carbocycles. The lowest BCUT2D eigenvalue weighted by Gasteiger charge is -2.12. The predicted octanol–water partition coefficient (Wildman–Crippen LogP) is 3.04. The Morgan fingerprint density at radius 1 is 1.23 bits per heavy atom. The van der Waals surface area contributed by atoms with Gasteiger partial charge in [0, 0.05) is 31.1 Å². The van der Waals surface area contributed by atoms with Gasteiger partial charge in [0.2, 0.25) is 0 Å². The normalized spacial score (nSPS) is 10.7. The topological polar surface area (TPSA) is 121 Å². The van der Waals surface area contributed by atoms with Crippen molar-refractivity contribution in [3.8, 4) is 11.5 Å². The molecule has 3 aromatic rings. The average Bonchev–Trinajstić information content (AvgIpc) is 3.05. The summed E-state index contributed by atoms with van der Waals surface area (Å²) in [6.07, 6.45) is 0. The fourth-order valence-electron chi connectivity index (χ4n) is 2.46. The molecule has 0 unspecified atom stereocenters. The maximum Gasteiger partial charge on any atom is 0.276 e. The second-order valence-corrected chi connectivity index (χ2v) is 6.16. The first-order valence-corrected chi connectivity index (χ1v) is 8.18. The standard InChI is InChI=1S/C18H18ClN5O2/c1-24(18(21)22)17(25)16-8-13-14(19)6-12(7-15(13)23-16)26-11-4-2-10(9-20)3-5-11/h2-8,23H,9,20H2,1H3,(H3,21,22). The summed E-state index contributed by atoms with van der Waals surface area (Å²) in [7, 11) is 1.43. The lowest BCUT2D eigenvalue weighted by Crippen LogP contribution is -2.38. The second-order valence-electron chi connectivity index (χ2n) is 5.75. The van der Waals surface area contributed by atoms with Crippen molar-refractivity contribution in [2.75, 3.05) is 7.05 Å². The number of carbonyl (C=O) groups is 1. The highest BCUT2D eigenvalue weighted by Crippen LogP contribution is 2.32. The Hall–Kier alpha value is -3.03. The number of fused-ring (bicyclic) bond motifs is 1. The Morgan fingerprint density at radius 2 is 1.92 bits per heavy atom. The third-order valence-corrected chi connectivity index (χ3v) is 4.26. The Morgan fingerprint density at radius 3 is 2.54 bits per heavy atom. The molecule has 0 radical (unpaired) electrons. The van der Waals surface area contributed by atoms with Crippen LogP contribution < -0.4 is 16.2 Å². The average molecular weight is 372 g/mol. The van der Waals surface area contributed by atoms with Crippen LogP contribution in [-0.2, 0) is 6.54 Å². The summed E-state index contributed by atoms with van der Waals surface area (Å²) in [5.74, 6) is 0.412. The first-order chi connectivity index (χ1) is 12.4. The van der Waals surface area contributed by atoms with E-state index in [-0.39, 0.29) is 11.7 Å². The summed E-state index contributed by atoms with van der Waals surface area (Å²) in [5, 5.41) is 8.48. The van der Waals surface area contributed by atoms with Crippen molar-refractivity contribution in [2.45, 2.75) is 6.54 Å². The molecule has 0 aliphatic rings. The Kier molecular flexibility index (Phi) is 4.83. The van der Waals surface area contributed by atoms with E-state index in [1.54, 1.807) is 18.2 Å². The SMILES string of the molecule is CN(C(=N)N)C(=O)c1cc2c(Cl)cc(Oc3ccc(CN)cc3)cc2[nH]1. The first kappa shape index (κ1) is 17.8. The Bertz CT molecular complexity index is 981. The third kappa shape index (κ3) is 3.49. The van der Waals surface area contributed by atoms with Gasteiger partial charge in [-0.1, -0.05) is 23.7 Å². The molecule has 0 aliphatic carbocycles. The number of nitrogens with two attached hydrogens (primary N) is 2. The van der Waals surface area contributed by atoms with Crippen LogP contribution in [0.3, 0.4) is 0 Å². The van der Waals surface area contributed by atoms with E-state index in [0.29, 0.717) is 34.0 Å². The van der Waals surface area contributed by atoms with E-state index < -0.39 is 5.91 Å². The maximum atomic E-state index is 12.3. The van der Waals surface area contributed by atoms with Gasteiger partial charge in [-0.25, -0.2) is 0 Å². The van der Waals surface area contributed by atoms with Crippen LogP contribution in [0.4, 0.5) is 0 Å². The quantitative estimate of drug-likeness (QED) is 0.416. The van der Waals surface area contributed by atoms with E-state index >= 15 is 0 Å². The molecule has 134 valence electrons. The van der Waals surface area contributed by atoms with Crippen LogP contribution in [0, 0.1) is 5.41 Å². The number of ether oxygens (including phenoxy) is 1. The van der Waals surface area contributed by atoms with Crippen molar-refractivity contribution >= 4 is 34.4 Å². The van der Waals surface area contributed by atoms with Gasteiger partial charge in [-0.15, -0.1) is 0 Å². The molecule has 0 spiro atoms. The fourth-order valence-corrected chi connectivity index (χ4v) is 2.73. The molecule has 0 atom stereocenters. The maximum absolute atomic E-state index is 12.3. The van der Waals surface area contributed by atoms with Crippen molar-refractivity contribution < 1.29 is 9.53 Å². The highest BCUT2D eigenvalue weighted by atomic mass is 35.5. The van der Waals surface area contributed by atoms with Gasteiger partial charge in [0.05, 0.1) is 10.5 Å². The molecule has 0 aliphatic heterocycles. The minimum Gasteiger partial charge on any atom is -0.457 e. The Balaban J connectivity index is 1.91. The largest absolute Gasteiger partial charge is 0.457 e. The lowest BCUT2D eigenvalue weighted by molar-refractivity contribution is 0.0864. The number of amides is 1. The summed E-state index contributed by atoms with van der Waals surface area (Å²) < 4.78 is 5.83. The summed E-state index contributed by atoms with van der Waals surface area (Å²) in [4.78, 5) is 16.3. The first-order valence-electron chi connectivity index (χ1n) is 7.80. The van der Waals surface area contributed by atoms with Crippen LogP contribution in [0.15, 0.2) is 42.5 Å². The van der Waals surface area contributed by atoms with Crippen molar-refractivity contribution in [1.82, 2.24) is 9.88 Å². The zero-order chi connectivity index (χ0) is 18.8. The number of aromatic amines is 1. The molecule has 8 heteroatoms. The molecule has 1 heterocycles. The second kappa shape index (κ2) is 7.07. The highest BCUT2D eigenvalue weighted by molar-refractivity contribution is 6.35. The molecule has 7 nitrogen and oxygen atoms in total. The number of benzene rings is 2. The zero-order valence-corrected chi connectivity index (χ0v) is 14.8. The van der Waals surface area contributed by atoms with E-state index in [0.717, 1.165) is 10.5 Å². The van der Waals surface area contributed by atoms with Crippen LogP contribution in [-0.4, -0.2) is 28.8 Å². The van der Waals surface area contributed by atoms with Crippen molar-refractivity contribution in [3.63, 3.8) is 0 Å². The van der Waals surface area contributed by atoms with E-state index in [1.165, 1.54) is 7.05 Å². The minimum atomic E-state index is -0.426. The molecule has 1 amide bonds. The molecule has 0 bridgehead atoms. The van der Waals surface area contributed by atoms with Crippen LogP contribution in [0.25, 0.3) is 10.9 Å². The van der Waals surface area contributed by atoms with Gasteiger partial charge in [0.1, 0.15) is 17.2 Å². The number of carbonyl (C=O) groups excluding carboxylic acids is 1. The smallest absolute Gasteiger partial charge is 0.276 e. The van der Waals surface area contributed by atoms with Gasteiger partial charge in [-0.3, -0.25) is 15.1 Å². The summed E-state index contributed by atoms with van der Waals surface area (Å²) in [6, 6.07) is 12.5. The third-order valence-electron chi connectivity index (χ3n) is 3.95. The van der Waals surface area contributed by atoms with Gasteiger partial charge in [0.15, 0.2) is 5.96 Å². The summed E-state index contributed by atoms with van der Waals surface area (Å²) >= 11 is 6.33. The van der Waals surface area contributed by atoms with Gasteiger partial charge >= 0.3 is 0 Å². The number of aromatic nitrogens is 1. The Labute approximate surface area is 155 Å². The van der Waals surface area contributed by atoms with Gasteiger partial charge in [-0.05, 0) is 23.8 Å². The van der Waals surface area contributed by atoms with Crippen molar-refractivity contribution in [3.05, 3.63) is 58.7 Å². The molecule has 26 heavy (non-hydrogen) atoms. The molecule has 6 N–H and O–H groups in total. The van der Waals surface area contributed by atoms with Gasteiger partial charge in [-0.2, -0.15) is 0 Å². The summed E-state index contributed by atoms with van der Waals surface area (Å²) in [6.45, 7) is 0.464.